The third kappa shape index (κ3) is 2.65. The van der Waals surface area contributed by atoms with Gasteiger partial charge in [0.05, 0.1) is 0 Å². The van der Waals surface area contributed by atoms with Crippen LogP contribution in [0.15, 0.2) is 11.2 Å². The summed E-state index contributed by atoms with van der Waals surface area (Å²) in [5.41, 5.74) is 5.72. The van der Waals surface area contributed by atoms with Crippen LogP contribution in [0.2, 0.25) is 0 Å². The molecule has 0 radical (unpaired) electrons. The summed E-state index contributed by atoms with van der Waals surface area (Å²) < 4.78 is 11.3. The van der Waals surface area contributed by atoms with E-state index in [1.54, 1.807) is 6.07 Å². The van der Waals surface area contributed by atoms with E-state index in [9.17, 15) is 4.21 Å². The molecule has 16 heavy (non-hydrogen) atoms. The molecular weight excluding hydrogens is 244 g/mol. The Morgan fingerprint density at radius 1 is 1.44 bits per heavy atom. The van der Waals surface area contributed by atoms with Gasteiger partial charge in [-0.2, -0.15) is 0 Å². The van der Waals surface area contributed by atoms with Crippen LogP contribution in [0.5, 0.6) is 0 Å². The second-order valence-electron chi connectivity index (χ2n) is 3.47. The van der Waals surface area contributed by atoms with Gasteiger partial charge in [-0.1, -0.05) is 11.8 Å². The molecule has 1 aliphatic heterocycles. The molecule has 7 heteroatoms. The van der Waals surface area contributed by atoms with Crippen LogP contribution in [0.4, 0.5) is 11.6 Å². The first kappa shape index (κ1) is 11.7. The summed E-state index contributed by atoms with van der Waals surface area (Å²) in [6.07, 6.45) is 1.92. The Kier molecular flexibility index (Phi) is 3.65. The van der Waals surface area contributed by atoms with E-state index in [1.165, 1.54) is 11.8 Å². The molecule has 2 heterocycles. The molecule has 0 saturated carbocycles. The Morgan fingerprint density at radius 3 is 2.75 bits per heavy atom. The Morgan fingerprint density at radius 2 is 2.12 bits per heavy atom. The van der Waals surface area contributed by atoms with E-state index < -0.39 is 10.8 Å². The highest BCUT2D eigenvalue weighted by Gasteiger charge is 2.17. The number of rotatable bonds is 2. The molecule has 1 saturated heterocycles. The van der Waals surface area contributed by atoms with E-state index >= 15 is 0 Å². The first-order chi connectivity index (χ1) is 7.69. The van der Waals surface area contributed by atoms with Gasteiger partial charge in [0.25, 0.3) is 0 Å². The van der Waals surface area contributed by atoms with Crippen LogP contribution in [-0.2, 0) is 10.8 Å². The summed E-state index contributed by atoms with van der Waals surface area (Å²) >= 11 is 1.47. The largest absolute Gasteiger partial charge is 0.383 e. The van der Waals surface area contributed by atoms with Crippen LogP contribution < -0.4 is 10.6 Å². The SMILES string of the molecule is CSc1nc(N)cc(N2CCS(=O)CC2)n1. The molecule has 0 aromatic carbocycles. The van der Waals surface area contributed by atoms with Gasteiger partial charge in [-0.25, -0.2) is 9.97 Å². The molecule has 0 bridgehead atoms. The molecule has 0 amide bonds. The third-order valence-electron chi connectivity index (χ3n) is 2.40. The lowest BCUT2D eigenvalue weighted by molar-refractivity contribution is 0.672. The molecule has 1 aliphatic rings. The molecule has 0 atom stereocenters. The van der Waals surface area contributed by atoms with Gasteiger partial charge < -0.3 is 10.6 Å². The number of anilines is 2. The number of nitrogen functional groups attached to an aromatic ring is 1. The molecular formula is C9H14N4OS2. The molecule has 0 aliphatic carbocycles. The molecule has 5 nitrogen and oxygen atoms in total. The highest BCUT2D eigenvalue weighted by molar-refractivity contribution is 7.98. The van der Waals surface area contributed by atoms with Crippen LogP contribution in [0, 0.1) is 0 Å². The molecule has 0 spiro atoms. The summed E-state index contributed by atoms with van der Waals surface area (Å²) in [5.74, 6) is 2.74. The van der Waals surface area contributed by atoms with Crippen molar-refractivity contribution in [1.29, 1.82) is 0 Å². The Hall–Kier alpha value is -0.820. The van der Waals surface area contributed by atoms with E-state index in [4.69, 9.17) is 5.73 Å². The van der Waals surface area contributed by atoms with Gasteiger partial charge >= 0.3 is 0 Å². The van der Waals surface area contributed by atoms with Crippen molar-refractivity contribution in [2.24, 2.45) is 0 Å². The summed E-state index contributed by atoms with van der Waals surface area (Å²) in [4.78, 5) is 10.6. The van der Waals surface area contributed by atoms with E-state index in [0.29, 0.717) is 22.5 Å². The molecule has 88 valence electrons. The van der Waals surface area contributed by atoms with Crippen molar-refractivity contribution in [2.45, 2.75) is 5.16 Å². The fourth-order valence-corrected chi connectivity index (χ4v) is 2.98. The van der Waals surface area contributed by atoms with Crippen molar-refractivity contribution < 1.29 is 4.21 Å². The zero-order valence-electron chi connectivity index (χ0n) is 9.05. The number of hydrogen-bond acceptors (Lipinski definition) is 6. The van der Waals surface area contributed by atoms with Crippen molar-refractivity contribution in [1.82, 2.24) is 9.97 Å². The van der Waals surface area contributed by atoms with Gasteiger partial charge in [0.2, 0.25) is 0 Å². The topological polar surface area (TPSA) is 72.1 Å². The van der Waals surface area contributed by atoms with Crippen LogP contribution in [0.25, 0.3) is 0 Å². The standard InChI is InChI=1S/C9H14N4OS2/c1-15-9-11-7(10)6-8(12-9)13-2-4-16(14)5-3-13/h6H,2-5H2,1H3,(H2,10,11,12). The fourth-order valence-electron chi connectivity index (χ4n) is 1.55. The average molecular weight is 258 g/mol. The van der Waals surface area contributed by atoms with E-state index in [0.717, 1.165) is 18.9 Å². The summed E-state index contributed by atoms with van der Waals surface area (Å²) in [6.45, 7) is 1.55. The van der Waals surface area contributed by atoms with E-state index in [-0.39, 0.29) is 0 Å². The molecule has 1 aromatic rings. The maximum atomic E-state index is 11.3. The maximum Gasteiger partial charge on any atom is 0.191 e. The first-order valence-electron chi connectivity index (χ1n) is 4.97. The number of aromatic nitrogens is 2. The molecule has 2 rings (SSSR count). The second-order valence-corrected chi connectivity index (χ2v) is 5.94. The minimum Gasteiger partial charge on any atom is -0.383 e. The first-order valence-corrected chi connectivity index (χ1v) is 7.69. The van der Waals surface area contributed by atoms with Gasteiger partial charge in [-0.05, 0) is 6.26 Å². The van der Waals surface area contributed by atoms with Crippen molar-refractivity contribution in [2.75, 3.05) is 41.5 Å². The number of hydrogen-bond donors (Lipinski definition) is 1. The predicted octanol–water partition coefficient (Wildman–Crippen LogP) is 0.349. The van der Waals surface area contributed by atoms with Crippen LogP contribution in [0.3, 0.4) is 0 Å². The Bertz CT molecular complexity index is 402. The zero-order chi connectivity index (χ0) is 11.5. The van der Waals surface area contributed by atoms with E-state index in [1.807, 2.05) is 6.26 Å². The Labute approximate surface area is 101 Å². The minimum absolute atomic E-state index is 0.487. The average Bonchev–Trinajstić information content (AvgIpc) is 2.29. The Balaban J connectivity index is 2.19. The monoisotopic (exact) mass is 258 g/mol. The second kappa shape index (κ2) is 5.01. The normalized spacial score (nSPS) is 17.7. The van der Waals surface area contributed by atoms with Crippen LogP contribution in [0.1, 0.15) is 0 Å². The molecule has 1 fully saturated rings. The predicted molar refractivity (Wildman–Crippen MR) is 68.3 cm³/mol. The lowest BCUT2D eigenvalue weighted by Crippen LogP contribution is -2.38. The third-order valence-corrected chi connectivity index (χ3v) is 4.22. The lowest BCUT2D eigenvalue weighted by Gasteiger charge is -2.27. The molecule has 2 N–H and O–H groups in total. The highest BCUT2D eigenvalue weighted by atomic mass is 32.2. The van der Waals surface area contributed by atoms with Gasteiger partial charge in [-0.15, -0.1) is 0 Å². The zero-order valence-corrected chi connectivity index (χ0v) is 10.7. The smallest absolute Gasteiger partial charge is 0.191 e. The number of thioether (sulfide) groups is 1. The lowest BCUT2D eigenvalue weighted by atomic mass is 10.4. The highest BCUT2D eigenvalue weighted by Crippen LogP contribution is 2.19. The van der Waals surface area contributed by atoms with Gasteiger partial charge in [0, 0.05) is 41.5 Å². The van der Waals surface area contributed by atoms with Crippen molar-refractivity contribution in [3.05, 3.63) is 6.07 Å². The van der Waals surface area contributed by atoms with Crippen molar-refractivity contribution >= 4 is 34.2 Å². The summed E-state index contributed by atoms with van der Waals surface area (Å²) in [5, 5.41) is 0.682. The number of nitrogens with two attached hydrogens (primary N) is 1. The van der Waals surface area contributed by atoms with Crippen LogP contribution >= 0.6 is 11.8 Å². The molecule has 1 aromatic heterocycles. The minimum atomic E-state index is -0.669. The summed E-state index contributed by atoms with van der Waals surface area (Å²) in [6, 6.07) is 1.77. The van der Waals surface area contributed by atoms with Crippen molar-refractivity contribution in [3.8, 4) is 0 Å². The van der Waals surface area contributed by atoms with Crippen molar-refractivity contribution in [3.63, 3.8) is 0 Å². The maximum absolute atomic E-state index is 11.3. The van der Waals surface area contributed by atoms with Crippen LogP contribution in [-0.4, -0.2) is 45.0 Å². The summed E-state index contributed by atoms with van der Waals surface area (Å²) in [7, 11) is -0.669. The van der Waals surface area contributed by atoms with E-state index in [2.05, 4.69) is 14.9 Å². The quantitative estimate of drug-likeness (QED) is 0.609. The van der Waals surface area contributed by atoms with Gasteiger partial charge in [0.1, 0.15) is 11.6 Å². The number of nitrogens with zero attached hydrogens (tertiary/aromatic N) is 3. The molecule has 0 unspecified atom stereocenters. The fraction of sp³-hybridized carbons (Fsp3) is 0.556. The van der Waals surface area contributed by atoms with Gasteiger partial charge in [-0.3, -0.25) is 4.21 Å². The van der Waals surface area contributed by atoms with Gasteiger partial charge in [0.15, 0.2) is 5.16 Å².